The van der Waals surface area contributed by atoms with Crippen LogP contribution >= 0.6 is 0 Å². The predicted molar refractivity (Wildman–Crippen MR) is 132 cm³/mol. The first kappa shape index (κ1) is 21.2. The molecule has 1 unspecified atom stereocenters. The molecule has 0 radical (unpaired) electrons. The van der Waals surface area contributed by atoms with Gasteiger partial charge < -0.3 is 14.8 Å². The van der Waals surface area contributed by atoms with Crippen molar-refractivity contribution in [1.82, 2.24) is 35.1 Å². The van der Waals surface area contributed by atoms with Gasteiger partial charge in [-0.15, -0.1) is 0 Å². The van der Waals surface area contributed by atoms with E-state index in [1.807, 2.05) is 18.6 Å². The largest absolute Gasteiger partial charge is 0.352 e. The first-order chi connectivity index (χ1) is 17.2. The lowest BCUT2D eigenvalue weighted by molar-refractivity contribution is 0.626. The molecule has 1 aromatic carbocycles. The molecule has 1 aliphatic heterocycles. The summed E-state index contributed by atoms with van der Waals surface area (Å²) in [4.78, 5) is 26.1. The van der Waals surface area contributed by atoms with E-state index >= 15 is 0 Å². The van der Waals surface area contributed by atoms with Gasteiger partial charge in [-0.2, -0.15) is 5.10 Å². The van der Waals surface area contributed by atoms with Crippen LogP contribution < -0.4 is 9.80 Å². The van der Waals surface area contributed by atoms with Crippen molar-refractivity contribution in [2.24, 2.45) is 0 Å². The highest BCUT2D eigenvalue weighted by molar-refractivity contribution is 5.91. The topological polar surface area (TPSA) is 103 Å². The van der Waals surface area contributed by atoms with E-state index < -0.39 is 0 Å². The zero-order valence-corrected chi connectivity index (χ0v) is 19.2. The van der Waals surface area contributed by atoms with Gasteiger partial charge in [0, 0.05) is 56.3 Å². The van der Waals surface area contributed by atoms with Gasteiger partial charge in [0.2, 0.25) is 5.95 Å². The average molecular weight is 470 g/mol. The van der Waals surface area contributed by atoms with Crippen LogP contribution in [0.25, 0.3) is 22.3 Å². The zero-order chi connectivity index (χ0) is 23.8. The third kappa shape index (κ3) is 4.07. The zero-order valence-electron chi connectivity index (χ0n) is 19.2. The van der Waals surface area contributed by atoms with E-state index in [4.69, 9.17) is 0 Å². The van der Waals surface area contributed by atoms with Crippen LogP contribution in [0, 0.1) is 5.82 Å². The number of aromatic amines is 2. The molecule has 0 aliphatic carbocycles. The molecule has 0 spiro atoms. The van der Waals surface area contributed by atoms with Gasteiger partial charge in [0.25, 0.3) is 0 Å². The number of rotatable bonds is 5. The number of anilines is 2. The van der Waals surface area contributed by atoms with Gasteiger partial charge >= 0.3 is 0 Å². The van der Waals surface area contributed by atoms with Crippen molar-refractivity contribution in [3.8, 4) is 11.3 Å². The van der Waals surface area contributed by atoms with Gasteiger partial charge in [-0.05, 0) is 29.3 Å². The van der Waals surface area contributed by atoms with Crippen LogP contribution in [-0.2, 0) is 0 Å². The van der Waals surface area contributed by atoms with Crippen molar-refractivity contribution in [1.29, 1.82) is 0 Å². The number of piperazine rings is 1. The van der Waals surface area contributed by atoms with Crippen LogP contribution in [0.1, 0.15) is 24.0 Å². The highest BCUT2D eigenvalue weighted by Gasteiger charge is 2.23. The number of fused-ring (bicyclic) bond motifs is 1. The lowest BCUT2D eigenvalue weighted by Crippen LogP contribution is -2.47. The molecule has 1 saturated heterocycles. The number of halogens is 1. The summed E-state index contributed by atoms with van der Waals surface area (Å²) in [5.74, 6) is 1.50. The van der Waals surface area contributed by atoms with E-state index in [1.54, 1.807) is 24.7 Å². The lowest BCUT2D eigenvalue weighted by atomic mass is 9.95. The minimum Gasteiger partial charge on any atom is -0.352 e. The number of H-pyrrole nitrogens is 2. The minimum absolute atomic E-state index is 0.0926. The first-order valence-corrected chi connectivity index (χ1v) is 11.6. The fourth-order valence-corrected chi connectivity index (χ4v) is 4.51. The fourth-order valence-electron chi connectivity index (χ4n) is 4.51. The number of hydrogen-bond donors (Lipinski definition) is 2. The van der Waals surface area contributed by atoms with Crippen LogP contribution in [0.5, 0.6) is 0 Å². The molecule has 9 nitrogen and oxygen atoms in total. The normalized spacial score (nSPS) is 15.0. The fraction of sp³-hybridized carbons (Fsp3) is 0.240. The Morgan fingerprint density at radius 1 is 0.886 bits per heavy atom. The summed E-state index contributed by atoms with van der Waals surface area (Å²) < 4.78 is 13.2. The molecule has 5 aromatic rings. The third-order valence-corrected chi connectivity index (χ3v) is 6.60. The summed E-state index contributed by atoms with van der Waals surface area (Å²) in [6.07, 6.45) is 8.97. The molecule has 0 saturated carbocycles. The molecular weight excluding hydrogens is 445 g/mol. The van der Waals surface area contributed by atoms with Gasteiger partial charge in [0.15, 0.2) is 0 Å². The number of nitrogens with one attached hydrogen (secondary N) is 2. The van der Waals surface area contributed by atoms with E-state index in [-0.39, 0.29) is 11.7 Å². The number of benzene rings is 1. The molecule has 176 valence electrons. The molecule has 0 amide bonds. The van der Waals surface area contributed by atoms with E-state index in [0.29, 0.717) is 0 Å². The smallest absolute Gasteiger partial charge is 0.225 e. The quantitative estimate of drug-likeness (QED) is 0.404. The Kier molecular flexibility index (Phi) is 5.32. The molecule has 1 aliphatic rings. The molecule has 0 bridgehead atoms. The van der Waals surface area contributed by atoms with Crippen LogP contribution in [0.4, 0.5) is 16.2 Å². The summed E-state index contributed by atoms with van der Waals surface area (Å²) in [6, 6.07) is 8.65. The Morgan fingerprint density at radius 3 is 2.34 bits per heavy atom. The Balaban J connectivity index is 1.15. The summed E-state index contributed by atoms with van der Waals surface area (Å²) in [5.41, 5.74) is 4.78. The molecule has 5 heterocycles. The van der Waals surface area contributed by atoms with E-state index in [2.05, 4.69) is 57.9 Å². The monoisotopic (exact) mass is 469 g/mol. The number of hydrogen-bond acceptors (Lipinski definition) is 7. The second kappa shape index (κ2) is 8.79. The van der Waals surface area contributed by atoms with E-state index in [0.717, 1.165) is 71.4 Å². The van der Waals surface area contributed by atoms with Crippen molar-refractivity contribution >= 4 is 22.8 Å². The molecule has 6 rings (SSSR count). The van der Waals surface area contributed by atoms with Crippen LogP contribution in [0.3, 0.4) is 0 Å². The van der Waals surface area contributed by atoms with Crippen molar-refractivity contribution in [2.75, 3.05) is 36.0 Å². The highest BCUT2D eigenvalue weighted by Crippen LogP contribution is 2.29. The molecule has 1 atom stereocenters. The summed E-state index contributed by atoms with van der Waals surface area (Å²) >= 11 is 0. The second-order valence-corrected chi connectivity index (χ2v) is 8.69. The van der Waals surface area contributed by atoms with Gasteiger partial charge in [-0.1, -0.05) is 19.1 Å². The van der Waals surface area contributed by atoms with Gasteiger partial charge in [-0.25, -0.2) is 24.3 Å². The lowest BCUT2D eigenvalue weighted by Gasteiger charge is -2.35. The molecule has 2 N–H and O–H groups in total. The Labute approximate surface area is 201 Å². The van der Waals surface area contributed by atoms with Crippen molar-refractivity contribution in [3.63, 3.8) is 0 Å². The van der Waals surface area contributed by atoms with Gasteiger partial charge in [-0.3, -0.25) is 5.10 Å². The maximum absolute atomic E-state index is 13.2. The van der Waals surface area contributed by atoms with Crippen LogP contribution in [0.2, 0.25) is 0 Å². The maximum atomic E-state index is 13.2. The van der Waals surface area contributed by atoms with Crippen molar-refractivity contribution in [2.45, 2.75) is 12.8 Å². The van der Waals surface area contributed by atoms with E-state index in [9.17, 15) is 4.39 Å². The second-order valence-electron chi connectivity index (χ2n) is 8.69. The van der Waals surface area contributed by atoms with Gasteiger partial charge in [0.05, 0.1) is 17.3 Å². The maximum Gasteiger partial charge on any atom is 0.225 e. The molecule has 1 fully saturated rings. The average Bonchev–Trinajstić information content (AvgIpc) is 3.59. The SMILES string of the molecule is CC(c1ccc(F)cc1)c1cnc(N2CCN(c3ncnc4[nH]c(-c5cn[nH]c5)cc34)CC2)nc1. The Hall–Kier alpha value is -4.34. The molecule has 4 aromatic heterocycles. The summed E-state index contributed by atoms with van der Waals surface area (Å²) in [6.45, 7) is 5.26. The van der Waals surface area contributed by atoms with Crippen LogP contribution in [-0.4, -0.2) is 61.3 Å². The van der Waals surface area contributed by atoms with Gasteiger partial charge in [0.1, 0.15) is 23.6 Å². The standard InChI is InChI=1S/C25H24FN9/c1-16(17-2-4-20(26)5-3-17)18-11-27-25(28-12-18)35-8-6-34(7-9-35)24-21-10-22(19-13-31-32-14-19)33-23(21)29-15-30-24/h2-5,10-16H,6-9H2,1H3,(H,31,32)(H,29,30,33). The summed E-state index contributed by atoms with van der Waals surface area (Å²) in [7, 11) is 0. The van der Waals surface area contributed by atoms with Crippen LogP contribution in [0.15, 0.2) is 61.4 Å². The first-order valence-electron chi connectivity index (χ1n) is 11.6. The minimum atomic E-state index is -0.232. The van der Waals surface area contributed by atoms with Crippen molar-refractivity contribution in [3.05, 3.63) is 78.4 Å². The summed E-state index contributed by atoms with van der Waals surface area (Å²) in [5, 5.41) is 7.87. The van der Waals surface area contributed by atoms with E-state index in [1.165, 1.54) is 12.1 Å². The Bertz CT molecular complexity index is 1420. The molecular formula is C25H24FN9. The third-order valence-electron chi connectivity index (χ3n) is 6.60. The Morgan fingerprint density at radius 2 is 1.63 bits per heavy atom. The predicted octanol–water partition coefficient (Wildman–Crippen LogP) is 3.76. The molecule has 10 heteroatoms. The number of aromatic nitrogens is 7. The molecule has 35 heavy (non-hydrogen) atoms. The van der Waals surface area contributed by atoms with Crippen molar-refractivity contribution < 1.29 is 4.39 Å². The number of nitrogens with zero attached hydrogens (tertiary/aromatic N) is 7. The highest BCUT2D eigenvalue weighted by atomic mass is 19.1.